The number of aryl methyl sites for hydroxylation is 1. The molecule has 0 saturated carbocycles. The van der Waals surface area contributed by atoms with Gasteiger partial charge in [0.1, 0.15) is 5.82 Å². The average molecular weight is 364 g/mol. The molecular formula is C21H24N4O2. The molecule has 0 aliphatic rings. The second kappa shape index (κ2) is 8.98. The van der Waals surface area contributed by atoms with E-state index in [-0.39, 0.29) is 11.5 Å². The van der Waals surface area contributed by atoms with Gasteiger partial charge in [0.2, 0.25) is 5.91 Å². The first-order chi connectivity index (χ1) is 13.1. The molecule has 27 heavy (non-hydrogen) atoms. The Bertz CT molecular complexity index is 953. The van der Waals surface area contributed by atoms with Crippen LogP contribution >= 0.6 is 0 Å². The van der Waals surface area contributed by atoms with E-state index < -0.39 is 0 Å². The molecule has 2 aromatic carbocycles. The second-order valence-corrected chi connectivity index (χ2v) is 6.49. The molecule has 6 nitrogen and oxygen atoms in total. The van der Waals surface area contributed by atoms with Gasteiger partial charge in [0.05, 0.1) is 10.9 Å². The molecule has 3 rings (SSSR count). The van der Waals surface area contributed by atoms with E-state index in [1.807, 2.05) is 55.6 Å². The van der Waals surface area contributed by atoms with Gasteiger partial charge in [0.25, 0.3) is 5.56 Å². The third-order valence-corrected chi connectivity index (χ3v) is 4.45. The van der Waals surface area contributed by atoms with Gasteiger partial charge in [-0.25, -0.2) is 4.98 Å². The summed E-state index contributed by atoms with van der Waals surface area (Å²) in [5.41, 5.74) is 1.67. The third-order valence-electron chi connectivity index (χ3n) is 4.45. The molecule has 0 bridgehead atoms. The Kier molecular flexibility index (Phi) is 6.20. The van der Waals surface area contributed by atoms with E-state index in [4.69, 9.17) is 0 Å². The summed E-state index contributed by atoms with van der Waals surface area (Å²) in [6.45, 7) is 1.34. The van der Waals surface area contributed by atoms with Crippen LogP contribution in [0, 0.1) is 0 Å². The molecule has 140 valence electrons. The summed E-state index contributed by atoms with van der Waals surface area (Å²) in [4.78, 5) is 33.4. The van der Waals surface area contributed by atoms with Crippen LogP contribution in [0.3, 0.4) is 0 Å². The lowest BCUT2D eigenvalue weighted by molar-refractivity contribution is -0.121. The number of para-hydroxylation sites is 2. The molecule has 0 aliphatic heterocycles. The van der Waals surface area contributed by atoms with Gasteiger partial charge in [0.15, 0.2) is 0 Å². The number of hydrogen-bond acceptors (Lipinski definition) is 4. The summed E-state index contributed by atoms with van der Waals surface area (Å²) < 4.78 is 0. The molecule has 0 radical (unpaired) electrons. The van der Waals surface area contributed by atoms with Crippen LogP contribution in [-0.4, -0.2) is 36.0 Å². The van der Waals surface area contributed by atoms with Crippen LogP contribution in [0.4, 0.5) is 5.69 Å². The highest BCUT2D eigenvalue weighted by Crippen LogP contribution is 2.10. The van der Waals surface area contributed by atoms with E-state index >= 15 is 0 Å². The first-order valence-corrected chi connectivity index (χ1v) is 9.14. The number of nitrogens with zero attached hydrogens (tertiary/aromatic N) is 2. The molecule has 0 aliphatic carbocycles. The minimum Gasteiger partial charge on any atom is -0.373 e. The van der Waals surface area contributed by atoms with Gasteiger partial charge in [-0.05, 0) is 30.7 Å². The van der Waals surface area contributed by atoms with Crippen LogP contribution in [0.15, 0.2) is 59.4 Å². The van der Waals surface area contributed by atoms with Gasteiger partial charge in [-0.3, -0.25) is 9.59 Å². The zero-order valence-electron chi connectivity index (χ0n) is 15.4. The summed E-state index contributed by atoms with van der Waals surface area (Å²) in [5, 5.41) is 3.52. The predicted octanol–water partition coefficient (Wildman–Crippen LogP) is 2.50. The topological polar surface area (TPSA) is 78.1 Å². The van der Waals surface area contributed by atoms with Gasteiger partial charge < -0.3 is 15.2 Å². The molecule has 2 N–H and O–H groups in total. The number of likely N-dealkylation sites (N-methyl/N-ethyl adjacent to an activating group) is 1. The van der Waals surface area contributed by atoms with Gasteiger partial charge in [0, 0.05) is 38.7 Å². The van der Waals surface area contributed by atoms with Crippen LogP contribution < -0.4 is 15.8 Å². The Hall–Kier alpha value is -3.15. The maximum atomic E-state index is 12.0. The van der Waals surface area contributed by atoms with E-state index in [1.54, 1.807) is 6.07 Å². The molecule has 1 amide bonds. The number of fused-ring (bicyclic) bond motifs is 1. The highest BCUT2D eigenvalue weighted by atomic mass is 16.1. The van der Waals surface area contributed by atoms with Crippen LogP contribution in [0.25, 0.3) is 10.9 Å². The predicted molar refractivity (Wildman–Crippen MR) is 108 cm³/mol. The van der Waals surface area contributed by atoms with Gasteiger partial charge in [-0.2, -0.15) is 0 Å². The fraction of sp³-hybridized carbons (Fsp3) is 0.286. The van der Waals surface area contributed by atoms with Crippen molar-refractivity contribution >= 4 is 22.5 Å². The molecule has 6 heteroatoms. The SMILES string of the molecule is CN(CCNC(=O)CCCc1nc2ccccc2c(=O)[nH]1)c1ccccc1. The number of hydrogen-bond donors (Lipinski definition) is 2. The molecule has 1 heterocycles. The lowest BCUT2D eigenvalue weighted by Crippen LogP contribution is -2.32. The Labute approximate surface area is 158 Å². The van der Waals surface area contributed by atoms with Crippen LogP contribution in [-0.2, 0) is 11.2 Å². The molecule has 0 saturated heterocycles. The van der Waals surface area contributed by atoms with Gasteiger partial charge >= 0.3 is 0 Å². The quantitative estimate of drug-likeness (QED) is 0.644. The van der Waals surface area contributed by atoms with E-state index in [2.05, 4.69) is 20.2 Å². The van der Waals surface area contributed by atoms with Crippen molar-refractivity contribution in [1.29, 1.82) is 0 Å². The van der Waals surface area contributed by atoms with E-state index in [0.717, 1.165) is 12.2 Å². The average Bonchev–Trinajstić information content (AvgIpc) is 2.68. The molecule has 0 fully saturated rings. The van der Waals surface area contributed by atoms with Crippen LogP contribution in [0.2, 0.25) is 0 Å². The van der Waals surface area contributed by atoms with Crippen molar-refractivity contribution in [3.05, 3.63) is 70.8 Å². The number of rotatable bonds is 8. The van der Waals surface area contributed by atoms with Crippen molar-refractivity contribution in [3.8, 4) is 0 Å². The van der Waals surface area contributed by atoms with Crippen LogP contribution in [0.5, 0.6) is 0 Å². The monoisotopic (exact) mass is 364 g/mol. The Morgan fingerprint density at radius 1 is 1.11 bits per heavy atom. The van der Waals surface area contributed by atoms with Crippen molar-refractivity contribution in [2.24, 2.45) is 0 Å². The number of amides is 1. The van der Waals surface area contributed by atoms with Crippen molar-refractivity contribution in [3.63, 3.8) is 0 Å². The smallest absolute Gasteiger partial charge is 0.258 e. The van der Waals surface area contributed by atoms with E-state index in [9.17, 15) is 9.59 Å². The minimum absolute atomic E-state index is 0.0135. The maximum Gasteiger partial charge on any atom is 0.258 e. The number of benzene rings is 2. The standard InChI is InChI=1S/C21H24N4O2/c1-25(16-8-3-2-4-9-16)15-14-22-20(26)13-7-12-19-23-18-11-6-5-10-17(18)21(27)24-19/h2-6,8-11H,7,12-15H2,1H3,(H,22,26)(H,23,24,27). The molecule has 0 atom stereocenters. The van der Waals surface area contributed by atoms with Crippen molar-refractivity contribution < 1.29 is 4.79 Å². The fourth-order valence-electron chi connectivity index (χ4n) is 2.93. The molecule has 0 spiro atoms. The molecular weight excluding hydrogens is 340 g/mol. The Morgan fingerprint density at radius 2 is 1.85 bits per heavy atom. The molecule has 1 aromatic heterocycles. The summed E-state index contributed by atoms with van der Waals surface area (Å²) in [5.74, 6) is 0.634. The summed E-state index contributed by atoms with van der Waals surface area (Å²) >= 11 is 0. The van der Waals surface area contributed by atoms with Crippen molar-refractivity contribution in [2.45, 2.75) is 19.3 Å². The lowest BCUT2D eigenvalue weighted by atomic mass is 10.2. The summed E-state index contributed by atoms with van der Waals surface area (Å²) in [6.07, 6.45) is 1.62. The zero-order chi connectivity index (χ0) is 19.1. The van der Waals surface area contributed by atoms with E-state index in [0.29, 0.717) is 42.5 Å². The number of nitrogens with one attached hydrogen (secondary N) is 2. The second-order valence-electron chi connectivity index (χ2n) is 6.49. The van der Waals surface area contributed by atoms with Crippen LogP contribution in [0.1, 0.15) is 18.7 Å². The molecule has 0 unspecified atom stereocenters. The largest absolute Gasteiger partial charge is 0.373 e. The number of anilines is 1. The third kappa shape index (κ3) is 5.17. The zero-order valence-corrected chi connectivity index (χ0v) is 15.4. The maximum absolute atomic E-state index is 12.0. The fourth-order valence-corrected chi connectivity index (χ4v) is 2.93. The number of carbonyl (C=O) groups excluding carboxylic acids is 1. The number of aromatic nitrogens is 2. The van der Waals surface area contributed by atoms with Gasteiger partial charge in [-0.15, -0.1) is 0 Å². The number of aromatic amines is 1. The Balaban J connectivity index is 1.41. The summed E-state index contributed by atoms with van der Waals surface area (Å²) in [7, 11) is 2.00. The highest BCUT2D eigenvalue weighted by Gasteiger charge is 2.06. The molecule has 3 aromatic rings. The van der Waals surface area contributed by atoms with Crippen molar-refractivity contribution in [2.75, 3.05) is 25.0 Å². The number of H-pyrrole nitrogens is 1. The minimum atomic E-state index is -0.135. The van der Waals surface area contributed by atoms with E-state index in [1.165, 1.54) is 0 Å². The Morgan fingerprint density at radius 3 is 2.67 bits per heavy atom. The lowest BCUT2D eigenvalue weighted by Gasteiger charge is -2.19. The number of carbonyl (C=O) groups is 1. The first-order valence-electron chi connectivity index (χ1n) is 9.14. The highest BCUT2D eigenvalue weighted by molar-refractivity contribution is 5.77. The first kappa shape index (κ1) is 18.6. The van der Waals surface area contributed by atoms with Gasteiger partial charge in [-0.1, -0.05) is 30.3 Å². The van der Waals surface area contributed by atoms with Crippen molar-refractivity contribution in [1.82, 2.24) is 15.3 Å². The summed E-state index contributed by atoms with van der Waals surface area (Å²) in [6, 6.07) is 17.3. The normalized spacial score (nSPS) is 10.7.